The standard InChI is InChI=1S/C23H25N3O6/c1-14-9-18(27)22(23(29)26(14)6-5-16-12-24-13-25-16)17(11-21(28)30-2)15-3-4-19-20(10-15)32-8-7-31-19/h3-4,9-10,12-13,17,27H,5-8,11H2,1-2H3,(H,24,25)/t17-/m1/s1. The number of aryl methyl sites for hydroxylation is 2. The van der Waals surface area contributed by atoms with Gasteiger partial charge in [0.05, 0.1) is 25.4 Å². The predicted octanol–water partition coefficient (Wildman–Crippen LogP) is 2.29. The van der Waals surface area contributed by atoms with Crippen LogP contribution < -0.4 is 15.0 Å². The summed E-state index contributed by atoms with van der Waals surface area (Å²) in [5, 5.41) is 10.8. The van der Waals surface area contributed by atoms with Crippen molar-refractivity contribution in [2.45, 2.75) is 32.2 Å². The molecule has 4 rings (SSSR count). The highest BCUT2D eigenvalue weighted by atomic mass is 16.6. The summed E-state index contributed by atoms with van der Waals surface area (Å²) in [5.74, 6) is -0.233. The van der Waals surface area contributed by atoms with Gasteiger partial charge in [-0.15, -0.1) is 0 Å². The Morgan fingerprint density at radius 2 is 2.06 bits per heavy atom. The van der Waals surface area contributed by atoms with Gasteiger partial charge in [0.15, 0.2) is 11.5 Å². The molecule has 0 amide bonds. The average molecular weight is 439 g/mol. The molecule has 2 N–H and O–H groups in total. The lowest BCUT2D eigenvalue weighted by Crippen LogP contribution is -2.29. The van der Waals surface area contributed by atoms with E-state index in [1.807, 2.05) is 0 Å². The van der Waals surface area contributed by atoms with Gasteiger partial charge in [-0.1, -0.05) is 6.07 Å². The topological polar surface area (TPSA) is 116 Å². The molecule has 3 aromatic rings. The smallest absolute Gasteiger partial charge is 0.306 e. The molecule has 0 saturated heterocycles. The van der Waals surface area contributed by atoms with Crippen LogP contribution in [0.2, 0.25) is 0 Å². The summed E-state index contributed by atoms with van der Waals surface area (Å²) < 4.78 is 17.7. The van der Waals surface area contributed by atoms with E-state index < -0.39 is 11.9 Å². The van der Waals surface area contributed by atoms with Gasteiger partial charge < -0.3 is 28.9 Å². The molecule has 1 atom stereocenters. The molecular weight excluding hydrogens is 414 g/mol. The number of fused-ring (bicyclic) bond motifs is 1. The van der Waals surface area contributed by atoms with E-state index in [2.05, 4.69) is 9.97 Å². The Balaban J connectivity index is 1.77. The number of nitrogens with one attached hydrogen (secondary N) is 1. The number of carbonyl (C=O) groups is 1. The SMILES string of the molecule is COC(=O)C[C@H](c1ccc2c(c1)OCCO2)c1c(O)cc(C)n(CCc2cnc[nH]2)c1=O. The number of aromatic nitrogens is 3. The molecule has 168 valence electrons. The Labute approximate surface area is 184 Å². The van der Waals surface area contributed by atoms with Crippen molar-refractivity contribution in [2.24, 2.45) is 0 Å². The van der Waals surface area contributed by atoms with Gasteiger partial charge in [-0.2, -0.15) is 0 Å². The highest BCUT2D eigenvalue weighted by molar-refractivity contribution is 5.71. The quantitative estimate of drug-likeness (QED) is 0.543. The van der Waals surface area contributed by atoms with Gasteiger partial charge in [-0.05, 0) is 30.7 Å². The Morgan fingerprint density at radius 1 is 1.28 bits per heavy atom. The first-order valence-electron chi connectivity index (χ1n) is 10.3. The zero-order valence-corrected chi connectivity index (χ0v) is 18.0. The van der Waals surface area contributed by atoms with Crippen LogP contribution in [0, 0.1) is 6.92 Å². The number of aromatic hydroxyl groups is 1. The minimum atomic E-state index is -0.718. The monoisotopic (exact) mass is 439 g/mol. The molecule has 0 spiro atoms. The van der Waals surface area contributed by atoms with Gasteiger partial charge in [-0.25, -0.2) is 4.98 Å². The van der Waals surface area contributed by atoms with Crippen LogP contribution in [0.15, 0.2) is 41.6 Å². The molecule has 9 heteroatoms. The van der Waals surface area contributed by atoms with Crippen molar-refractivity contribution in [2.75, 3.05) is 20.3 Å². The van der Waals surface area contributed by atoms with Crippen molar-refractivity contribution < 1.29 is 24.1 Å². The molecule has 2 aromatic heterocycles. The van der Waals surface area contributed by atoms with E-state index in [1.165, 1.54) is 7.11 Å². The minimum Gasteiger partial charge on any atom is -0.507 e. The number of H-pyrrole nitrogens is 1. The zero-order valence-electron chi connectivity index (χ0n) is 18.0. The third kappa shape index (κ3) is 4.32. The number of imidazole rings is 1. The number of pyridine rings is 1. The molecule has 32 heavy (non-hydrogen) atoms. The number of esters is 1. The molecule has 0 fully saturated rings. The van der Waals surface area contributed by atoms with E-state index in [9.17, 15) is 14.7 Å². The van der Waals surface area contributed by atoms with E-state index >= 15 is 0 Å². The molecule has 1 aliphatic heterocycles. The maximum Gasteiger partial charge on any atom is 0.306 e. The number of aromatic amines is 1. The molecule has 3 heterocycles. The third-order valence-electron chi connectivity index (χ3n) is 5.60. The van der Waals surface area contributed by atoms with E-state index in [-0.39, 0.29) is 23.3 Å². The van der Waals surface area contributed by atoms with Crippen LogP contribution >= 0.6 is 0 Å². The van der Waals surface area contributed by atoms with Crippen molar-refractivity contribution in [3.05, 3.63) is 69.7 Å². The lowest BCUT2D eigenvalue weighted by atomic mass is 9.88. The average Bonchev–Trinajstić information content (AvgIpc) is 3.31. The van der Waals surface area contributed by atoms with E-state index in [1.54, 1.807) is 48.3 Å². The Hall–Kier alpha value is -3.75. The number of ether oxygens (including phenoxy) is 3. The number of nitrogens with zero attached hydrogens (tertiary/aromatic N) is 2. The largest absolute Gasteiger partial charge is 0.507 e. The fourth-order valence-corrected chi connectivity index (χ4v) is 3.94. The molecule has 0 saturated carbocycles. The molecular formula is C23H25N3O6. The molecule has 0 aliphatic carbocycles. The van der Waals surface area contributed by atoms with Gasteiger partial charge in [0.25, 0.3) is 5.56 Å². The maximum absolute atomic E-state index is 13.5. The van der Waals surface area contributed by atoms with E-state index in [0.29, 0.717) is 48.9 Å². The van der Waals surface area contributed by atoms with E-state index in [4.69, 9.17) is 14.2 Å². The van der Waals surface area contributed by atoms with Crippen LogP contribution in [-0.4, -0.2) is 45.9 Å². The van der Waals surface area contributed by atoms with Crippen molar-refractivity contribution >= 4 is 5.97 Å². The lowest BCUT2D eigenvalue weighted by molar-refractivity contribution is -0.140. The number of hydrogen-bond acceptors (Lipinski definition) is 7. The van der Waals surface area contributed by atoms with Crippen molar-refractivity contribution in [3.63, 3.8) is 0 Å². The fourth-order valence-electron chi connectivity index (χ4n) is 3.94. The summed E-state index contributed by atoms with van der Waals surface area (Å²) in [6.07, 6.45) is 3.75. The van der Waals surface area contributed by atoms with Gasteiger partial charge in [-0.3, -0.25) is 9.59 Å². The third-order valence-corrected chi connectivity index (χ3v) is 5.60. The number of benzene rings is 1. The Kier molecular flexibility index (Phi) is 6.16. The summed E-state index contributed by atoms with van der Waals surface area (Å²) >= 11 is 0. The predicted molar refractivity (Wildman–Crippen MR) is 115 cm³/mol. The second-order valence-corrected chi connectivity index (χ2v) is 7.60. The van der Waals surface area contributed by atoms with Gasteiger partial charge >= 0.3 is 5.97 Å². The first-order chi connectivity index (χ1) is 15.5. The number of methoxy groups -OCH3 is 1. The summed E-state index contributed by atoms with van der Waals surface area (Å²) in [7, 11) is 1.29. The Bertz CT molecular complexity index is 1170. The molecule has 1 aromatic carbocycles. The zero-order chi connectivity index (χ0) is 22.7. The van der Waals surface area contributed by atoms with Crippen molar-refractivity contribution in [1.29, 1.82) is 0 Å². The van der Waals surface area contributed by atoms with Gasteiger partial charge in [0.2, 0.25) is 0 Å². The van der Waals surface area contributed by atoms with Crippen LogP contribution in [0.5, 0.6) is 17.2 Å². The van der Waals surface area contributed by atoms with E-state index in [0.717, 1.165) is 5.69 Å². The maximum atomic E-state index is 13.5. The number of hydrogen-bond donors (Lipinski definition) is 2. The number of rotatable bonds is 7. The van der Waals surface area contributed by atoms with Gasteiger partial charge in [0, 0.05) is 36.5 Å². The normalized spacial score (nSPS) is 13.6. The fraction of sp³-hybridized carbons (Fsp3) is 0.348. The van der Waals surface area contributed by atoms with Crippen molar-refractivity contribution in [1.82, 2.24) is 14.5 Å². The molecule has 0 bridgehead atoms. The first kappa shape index (κ1) is 21.5. The molecule has 9 nitrogen and oxygen atoms in total. The van der Waals surface area contributed by atoms with Crippen molar-refractivity contribution in [3.8, 4) is 17.2 Å². The summed E-state index contributed by atoms with van der Waals surface area (Å²) in [6, 6.07) is 6.81. The highest BCUT2D eigenvalue weighted by Crippen LogP contribution is 2.38. The first-order valence-corrected chi connectivity index (χ1v) is 10.3. The summed E-state index contributed by atoms with van der Waals surface area (Å²) in [6.45, 7) is 3.02. The second kappa shape index (κ2) is 9.17. The van der Waals surface area contributed by atoms with Crippen LogP contribution in [0.3, 0.4) is 0 Å². The van der Waals surface area contributed by atoms with Crippen LogP contribution in [-0.2, 0) is 22.5 Å². The Morgan fingerprint density at radius 3 is 2.78 bits per heavy atom. The van der Waals surface area contributed by atoms with Crippen LogP contribution in [0.25, 0.3) is 0 Å². The van der Waals surface area contributed by atoms with Gasteiger partial charge in [0.1, 0.15) is 19.0 Å². The molecule has 1 aliphatic rings. The lowest BCUT2D eigenvalue weighted by Gasteiger charge is -2.23. The second-order valence-electron chi connectivity index (χ2n) is 7.60. The van der Waals surface area contributed by atoms with Crippen LogP contribution in [0.1, 0.15) is 34.9 Å². The molecule has 0 unspecified atom stereocenters. The van der Waals surface area contributed by atoms with Crippen LogP contribution in [0.4, 0.5) is 0 Å². The molecule has 0 radical (unpaired) electrons. The summed E-state index contributed by atoms with van der Waals surface area (Å²) in [5.41, 5.74) is 1.95. The summed E-state index contributed by atoms with van der Waals surface area (Å²) in [4.78, 5) is 32.8. The number of carbonyl (C=O) groups excluding carboxylic acids is 1. The highest BCUT2D eigenvalue weighted by Gasteiger charge is 2.28. The minimum absolute atomic E-state index is 0.109.